The van der Waals surface area contributed by atoms with Crippen LogP contribution in [0.3, 0.4) is 0 Å². The van der Waals surface area contributed by atoms with Crippen molar-refractivity contribution in [3.63, 3.8) is 0 Å². The molecule has 2 aromatic rings. The van der Waals surface area contributed by atoms with Crippen molar-refractivity contribution in [2.45, 2.75) is 36.9 Å². The lowest BCUT2D eigenvalue weighted by Crippen LogP contribution is -2.55. The standard InChI is InChI=1S/C25H30N2O4S/c1-3-6-17(2)14-32(29,30)23-12-10-18-7-4-5-8-20(18)25(23)15-27-21-13-19(24(26)28)9-11-22(21)31-16-25/h3-5,7-9,11,13,17,23,27H,1,6,10,12,14-16H2,2H3,(H2,26,28)/t17-,23?,25?/m0/s1. The van der Waals surface area contributed by atoms with E-state index in [4.69, 9.17) is 10.5 Å². The minimum absolute atomic E-state index is 0.00157. The van der Waals surface area contributed by atoms with Gasteiger partial charge in [0.1, 0.15) is 12.4 Å². The van der Waals surface area contributed by atoms with Crippen LogP contribution < -0.4 is 15.8 Å². The molecule has 1 aliphatic carbocycles. The number of carbonyl (C=O) groups is 1. The van der Waals surface area contributed by atoms with Gasteiger partial charge in [-0.15, -0.1) is 6.58 Å². The van der Waals surface area contributed by atoms with E-state index in [1.165, 1.54) is 0 Å². The second-order valence-corrected chi connectivity index (χ2v) is 11.2. The first kappa shape index (κ1) is 22.4. The van der Waals surface area contributed by atoms with Crippen LogP contribution in [0.4, 0.5) is 5.69 Å². The summed E-state index contributed by atoms with van der Waals surface area (Å²) in [5.41, 5.74) is 7.91. The fraction of sp³-hybridized carbons (Fsp3) is 0.400. The normalized spacial score (nSPS) is 23.1. The minimum atomic E-state index is -3.42. The van der Waals surface area contributed by atoms with Gasteiger partial charge in [-0.05, 0) is 54.5 Å². The maximum absolute atomic E-state index is 13.7. The summed E-state index contributed by atoms with van der Waals surface area (Å²) in [4.78, 5) is 11.6. The molecular weight excluding hydrogens is 424 g/mol. The third kappa shape index (κ3) is 4.01. The number of carbonyl (C=O) groups excluding carboxylic acids is 1. The van der Waals surface area contributed by atoms with Gasteiger partial charge in [0, 0.05) is 12.1 Å². The predicted molar refractivity (Wildman–Crippen MR) is 127 cm³/mol. The van der Waals surface area contributed by atoms with E-state index in [2.05, 4.69) is 18.0 Å². The molecule has 2 aromatic carbocycles. The molecule has 1 heterocycles. The van der Waals surface area contributed by atoms with Gasteiger partial charge in [-0.25, -0.2) is 8.42 Å². The number of benzene rings is 2. The van der Waals surface area contributed by atoms with E-state index in [1.54, 1.807) is 24.3 Å². The molecule has 0 fully saturated rings. The average Bonchev–Trinajstić information content (AvgIpc) is 2.94. The molecule has 170 valence electrons. The summed E-state index contributed by atoms with van der Waals surface area (Å²) in [5.74, 6) is 0.188. The zero-order valence-electron chi connectivity index (χ0n) is 18.3. The Morgan fingerprint density at radius 3 is 2.88 bits per heavy atom. The van der Waals surface area contributed by atoms with Gasteiger partial charge in [0.05, 0.1) is 22.1 Å². The molecule has 0 radical (unpaired) electrons. The van der Waals surface area contributed by atoms with Crippen molar-refractivity contribution in [1.29, 1.82) is 0 Å². The van der Waals surface area contributed by atoms with Crippen LogP contribution in [0.5, 0.6) is 5.75 Å². The smallest absolute Gasteiger partial charge is 0.248 e. The number of nitrogens with two attached hydrogens (primary N) is 1. The monoisotopic (exact) mass is 454 g/mol. The number of fused-ring (bicyclic) bond motifs is 3. The van der Waals surface area contributed by atoms with Crippen molar-refractivity contribution in [3.05, 3.63) is 71.8 Å². The molecule has 0 aromatic heterocycles. The Morgan fingerprint density at radius 2 is 2.12 bits per heavy atom. The summed E-state index contributed by atoms with van der Waals surface area (Å²) in [7, 11) is -3.42. The maximum atomic E-state index is 13.7. The number of amides is 1. The minimum Gasteiger partial charge on any atom is -0.490 e. The van der Waals surface area contributed by atoms with Crippen LogP contribution in [0.1, 0.15) is 41.3 Å². The number of aryl methyl sites for hydroxylation is 1. The van der Waals surface area contributed by atoms with E-state index in [9.17, 15) is 13.2 Å². The number of hydrogen-bond acceptors (Lipinski definition) is 5. The Hall–Kier alpha value is -2.80. The highest BCUT2D eigenvalue weighted by atomic mass is 32.2. The van der Waals surface area contributed by atoms with E-state index in [-0.39, 0.29) is 18.3 Å². The Morgan fingerprint density at radius 1 is 1.34 bits per heavy atom. The van der Waals surface area contributed by atoms with Crippen molar-refractivity contribution in [3.8, 4) is 5.75 Å². The topological polar surface area (TPSA) is 98.5 Å². The van der Waals surface area contributed by atoms with Crippen molar-refractivity contribution >= 4 is 21.4 Å². The van der Waals surface area contributed by atoms with Crippen molar-refractivity contribution < 1.29 is 17.9 Å². The molecule has 1 aliphatic heterocycles. The van der Waals surface area contributed by atoms with Crippen molar-refractivity contribution in [1.82, 2.24) is 0 Å². The lowest BCUT2D eigenvalue weighted by atomic mass is 9.70. The van der Waals surface area contributed by atoms with Gasteiger partial charge in [-0.1, -0.05) is 37.3 Å². The van der Waals surface area contributed by atoms with Crippen LogP contribution in [0, 0.1) is 5.92 Å². The third-order valence-electron chi connectivity index (χ3n) is 6.71. The highest BCUT2D eigenvalue weighted by Crippen LogP contribution is 2.45. The Kier molecular flexibility index (Phi) is 6.03. The van der Waals surface area contributed by atoms with E-state index in [1.807, 2.05) is 25.1 Å². The van der Waals surface area contributed by atoms with Crippen LogP contribution in [0.25, 0.3) is 0 Å². The molecule has 3 atom stereocenters. The number of rotatable bonds is 6. The van der Waals surface area contributed by atoms with Crippen molar-refractivity contribution in [2.24, 2.45) is 11.7 Å². The molecule has 0 bridgehead atoms. The lowest BCUT2D eigenvalue weighted by molar-refractivity contribution is 0.1000. The summed E-state index contributed by atoms with van der Waals surface area (Å²) in [5, 5.41) is 2.81. The maximum Gasteiger partial charge on any atom is 0.248 e. The number of primary amides is 1. The van der Waals surface area contributed by atoms with Gasteiger partial charge < -0.3 is 15.8 Å². The molecule has 3 N–H and O–H groups in total. The predicted octanol–water partition coefficient (Wildman–Crippen LogP) is 3.47. The Labute approximate surface area is 189 Å². The Bertz CT molecular complexity index is 1140. The summed E-state index contributed by atoms with van der Waals surface area (Å²) in [6.07, 6.45) is 3.70. The van der Waals surface area contributed by atoms with E-state index in [0.29, 0.717) is 36.4 Å². The third-order valence-corrected chi connectivity index (χ3v) is 9.30. The largest absolute Gasteiger partial charge is 0.490 e. The second kappa shape index (κ2) is 8.62. The van der Waals surface area contributed by atoms with Gasteiger partial charge in [0.2, 0.25) is 5.91 Å². The zero-order chi connectivity index (χ0) is 22.9. The highest BCUT2D eigenvalue weighted by Gasteiger charge is 2.51. The van der Waals surface area contributed by atoms with Gasteiger partial charge in [0.25, 0.3) is 0 Å². The van der Waals surface area contributed by atoms with Gasteiger partial charge in [-0.3, -0.25) is 4.79 Å². The fourth-order valence-corrected chi connectivity index (χ4v) is 7.79. The van der Waals surface area contributed by atoms with Gasteiger partial charge in [-0.2, -0.15) is 0 Å². The summed E-state index contributed by atoms with van der Waals surface area (Å²) < 4.78 is 33.6. The van der Waals surface area contributed by atoms with Crippen LogP contribution in [0.15, 0.2) is 55.1 Å². The van der Waals surface area contributed by atoms with Gasteiger partial charge in [0.15, 0.2) is 9.84 Å². The molecule has 32 heavy (non-hydrogen) atoms. The molecule has 2 unspecified atom stereocenters. The number of nitrogens with one attached hydrogen (secondary N) is 1. The number of anilines is 1. The lowest BCUT2D eigenvalue weighted by Gasteiger charge is -2.44. The second-order valence-electron chi connectivity index (χ2n) is 9.02. The van der Waals surface area contributed by atoms with E-state index in [0.717, 1.165) is 17.5 Å². The molecule has 2 aliphatic rings. The molecule has 6 nitrogen and oxygen atoms in total. The average molecular weight is 455 g/mol. The van der Waals surface area contributed by atoms with Crippen LogP contribution in [-0.4, -0.2) is 38.5 Å². The van der Waals surface area contributed by atoms with E-state index < -0.39 is 26.4 Å². The molecule has 1 amide bonds. The SMILES string of the molecule is C=CC[C@H](C)CS(=O)(=O)C1CCc2ccccc2C12CNc1cc(C(N)=O)ccc1OC2. The molecule has 7 heteroatoms. The zero-order valence-corrected chi connectivity index (χ0v) is 19.2. The number of sulfone groups is 1. The quantitative estimate of drug-likeness (QED) is 0.651. The molecule has 1 spiro atoms. The van der Waals surface area contributed by atoms with Gasteiger partial charge >= 0.3 is 0 Å². The first-order chi connectivity index (χ1) is 15.3. The number of ether oxygens (including phenoxy) is 1. The molecule has 0 saturated carbocycles. The fourth-order valence-electron chi connectivity index (χ4n) is 5.19. The Balaban J connectivity index is 1.76. The number of hydrogen-bond donors (Lipinski definition) is 2. The first-order valence-electron chi connectivity index (χ1n) is 11.0. The van der Waals surface area contributed by atoms with Crippen molar-refractivity contribution in [2.75, 3.05) is 24.2 Å². The van der Waals surface area contributed by atoms with Crippen LogP contribution in [0.2, 0.25) is 0 Å². The molecule has 0 saturated heterocycles. The van der Waals surface area contributed by atoms with E-state index >= 15 is 0 Å². The summed E-state index contributed by atoms with van der Waals surface area (Å²) >= 11 is 0. The first-order valence-corrected chi connectivity index (χ1v) is 12.7. The summed E-state index contributed by atoms with van der Waals surface area (Å²) in [6.45, 7) is 6.33. The highest BCUT2D eigenvalue weighted by molar-refractivity contribution is 7.92. The van der Waals surface area contributed by atoms with Crippen LogP contribution >= 0.6 is 0 Å². The van der Waals surface area contributed by atoms with Crippen LogP contribution in [-0.2, 0) is 21.7 Å². The molecular formula is C25H30N2O4S. The number of allylic oxidation sites excluding steroid dienone is 1. The summed E-state index contributed by atoms with van der Waals surface area (Å²) in [6, 6.07) is 13.1. The molecule has 4 rings (SSSR count).